The summed E-state index contributed by atoms with van der Waals surface area (Å²) in [5.41, 5.74) is 14.8. The van der Waals surface area contributed by atoms with Crippen LogP contribution >= 0.6 is 0 Å². The molecule has 10 aromatic rings. The molecule has 2 heterocycles. The third-order valence-electron chi connectivity index (χ3n) is 10.3. The van der Waals surface area contributed by atoms with E-state index in [0.29, 0.717) is 23.3 Å². The van der Waals surface area contributed by atoms with Crippen molar-refractivity contribution < 1.29 is 0 Å². The van der Waals surface area contributed by atoms with Crippen LogP contribution in [0, 0.1) is 6.92 Å². The van der Waals surface area contributed by atoms with E-state index < -0.39 is 0 Å². The highest BCUT2D eigenvalue weighted by atomic mass is 15.0. The van der Waals surface area contributed by atoms with Crippen molar-refractivity contribution in [3.05, 3.63) is 176 Å². The SMILES string of the molecule is Cc1nc(-c2ccc3ccccc3c2)nc(-c2ccc3c(-c4ccc(-c5cc(N)nc(-c6ccc7ccccc7c6)c5)c5ccccc45)cccc3c2)n1. The lowest BCUT2D eigenvalue weighted by atomic mass is 9.89. The fourth-order valence-corrected chi connectivity index (χ4v) is 7.72. The van der Waals surface area contributed by atoms with E-state index in [9.17, 15) is 0 Å². The van der Waals surface area contributed by atoms with Gasteiger partial charge in [0.05, 0.1) is 5.69 Å². The minimum Gasteiger partial charge on any atom is -0.384 e. The van der Waals surface area contributed by atoms with Gasteiger partial charge < -0.3 is 5.73 Å². The number of aryl methyl sites for hydroxylation is 1. The first-order chi connectivity index (χ1) is 26.5. The quantitative estimate of drug-likeness (QED) is 0.194. The van der Waals surface area contributed by atoms with Crippen LogP contribution in [-0.4, -0.2) is 19.9 Å². The topological polar surface area (TPSA) is 77.6 Å². The summed E-state index contributed by atoms with van der Waals surface area (Å²) < 4.78 is 0. The Balaban J connectivity index is 1.04. The molecule has 0 unspecified atom stereocenters. The van der Waals surface area contributed by atoms with Crippen LogP contribution < -0.4 is 5.73 Å². The molecule has 2 N–H and O–H groups in total. The molecule has 54 heavy (non-hydrogen) atoms. The number of nitrogen functional groups attached to an aromatic ring is 1. The molecule has 0 atom stereocenters. The zero-order chi connectivity index (χ0) is 36.2. The van der Waals surface area contributed by atoms with Crippen LogP contribution in [-0.2, 0) is 0 Å². The highest BCUT2D eigenvalue weighted by Gasteiger charge is 2.15. The zero-order valence-corrected chi connectivity index (χ0v) is 29.5. The highest BCUT2D eigenvalue weighted by Crippen LogP contribution is 2.40. The first kappa shape index (κ1) is 31.5. The molecule has 0 aliphatic heterocycles. The maximum atomic E-state index is 6.47. The van der Waals surface area contributed by atoms with Crippen LogP contribution in [0.5, 0.6) is 0 Å². The van der Waals surface area contributed by atoms with Crippen LogP contribution in [0.25, 0.3) is 99.4 Å². The summed E-state index contributed by atoms with van der Waals surface area (Å²) in [6.45, 7) is 1.92. The van der Waals surface area contributed by atoms with Gasteiger partial charge >= 0.3 is 0 Å². The molecule has 0 spiro atoms. The largest absolute Gasteiger partial charge is 0.384 e. The second-order valence-electron chi connectivity index (χ2n) is 13.8. The van der Waals surface area contributed by atoms with Gasteiger partial charge in [-0.1, -0.05) is 140 Å². The smallest absolute Gasteiger partial charge is 0.163 e. The lowest BCUT2D eigenvalue weighted by Gasteiger charge is -2.15. The van der Waals surface area contributed by atoms with E-state index in [1.165, 1.54) is 27.1 Å². The Morgan fingerprint density at radius 3 is 1.61 bits per heavy atom. The van der Waals surface area contributed by atoms with E-state index in [1.807, 2.05) is 13.0 Å². The Labute approximate surface area is 312 Å². The van der Waals surface area contributed by atoms with Gasteiger partial charge in [-0.3, -0.25) is 0 Å². The molecule has 0 bridgehead atoms. The summed E-state index contributed by atoms with van der Waals surface area (Å²) in [5.74, 6) is 2.51. The number of pyridine rings is 1. The van der Waals surface area contributed by atoms with Gasteiger partial charge in [-0.2, -0.15) is 0 Å². The average Bonchev–Trinajstić information content (AvgIpc) is 3.22. The molecular formula is C49H33N5. The second kappa shape index (κ2) is 12.8. The van der Waals surface area contributed by atoms with Gasteiger partial charge in [-0.05, 0) is 103 Å². The highest BCUT2D eigenvalue weighted by molar-refractivity contribution is 6.10. The third kappa shape index (κ3) is 5.60. The second-order valence-corrected chi connectivity index (χ2v) is 13.8. The number of hydrogen-bond donors (Lipinski definition) is 1. The Morgan fingerprint density at radius 2 is 0.889 bits per heavy atom. The molecule has 10 rings (SSSR count). The van der Waals surface area contributed by atoms with Crippen molar-refractivity contribution >= 4 is 48.9 Å². The first-order valence-corrected chi connectivity index (χ1v) is 18.1. The van der Waals surface area contributed by atoms with Crippen LogP contribution in [0.2, 0.25) is 0 Å². The zero-order valence-electron chi connectivity index (χ0n) is 29.5. The monoisotopic (exact) mass is 691 g/mol. The van der Waals surface area contributed by atoms with E-state index in [-0.39, 0.29) is 0 Å². The van der Waals surface area contributed by atoms with E-state index in [2.05, 4.69) is 164 Å². The van der Waals surface area contributed by atoms with E-state index in [1.54, 1.807) is 0 Å². The van der Waals surface area contributed by atoms with Crippen molar-refractivity contribution in [3.8, 4) is 56.3 Å². The normalized spacial score (nSPS) is 11.5. The fraction of sp³-hybridized carbons (Fsp3) is 0.0204. The Hall–Kier alpha value is -7.24. The Bertz CT molecular complexity index is 3090. The van der Waals surface area contributed by atoms with Crippen molar-refractivity contribution in [2.45, 2.75) is 6.92 Å². The molecule has 2 aromatic heterocycles. The van der Waals surface area contributed by atoms with Gasteiger partial charge in [-0.25, -0.2) is 19.9 Å². The number of benzene rings is 8. The van der Waals surface area contributed by atoms with Crippen molar-refractivity contribution in [2.75, 3.05) is 5.73 Å². The van der Waals surface area contributed by atoms with E-state index in [4.69, 9.17) is 25.7 Å². The Morgan fingerprint density at radius 1 is 0.352 bits per heavy atom. The molecule has 254 valence electrons. The van der Waals surface area contributed by atoms with Crippen LogP contribution in [0.1, 0.15) is 5.82 Å². The van der Waals surface area contributed by atoms with Crippen LogP contribution in [0.4, 0.5) is 5.82 Å². The lowest BCUT2D eigenvalue weighted by Crippen LogP contribution is -1.99. The standard InChI is InChI=1S/C49H33N5/c1-30-51-48(37-20-18-32-10-3-5-12-34(32)26-37)54-49(52-30)38-21-22-40-35(27-38)13-8-16-43(40)45-24-23-41(42-14-6-7-15-44(42)45)39-28-46(53-47(50)29-39)36-19-17-31-9-2-4-11-33(31)25-36/h2-29H,1H3,(H2,50,53). The molecule has 0 saturated heterocycles. The summed E-state index contributed by atoms with van der Waals surface area (Å²) in [6, 6.07) is 59.6. The number of rotatable bonds is 5. The molecule has 0 saturated carbocycles. The number of nitrogens with two attached hydrogens (primary N) is 1. The molecule has 0 aliphatic carbocycles. The van der Waals surface area contributed by atoms with Gasteiger partial charge in [0, 0.05) is 16.7 Å². The van der Waals surface area contributed by atoms with Gasteiger partial charge in [0.25, 0.3) is 0 Å². The summed E-state index contributed by atoms with van der Waals surface area (Å²) >= 11 is 0. The van der Waals surface area contributed by atoms with E-state index in [0.717, 1.165) is 60.6 Å². The summed E-state index contributed by atoms with van der Waals surface area (Å²) in [7, 11) is 0. The Kier molecular flexibility index (Phi) is 7.44. The van der Waals surface area contributed by atoms with E-state index >= 15 is 0 Å². The van der Waals surface area contributed by atoms with Gasteiger partial charge in [0.2, 0.25) is 0 Å². The molecule has 5 nitrogen and oxygen atoms in total. The molecule has 0 fully saturated rings. The molecule has 8 aromatic carbocycles. The molecule has 0 aliphatic rings. The maximum Gasteiger partial charge on any atom is 0.163 e. The molecule has 0 radical (unpaired) electrons. The minimum atomic E-state index is 0.492. The van der Waals surface area contributed by atoms with Gasteiger partial charge in [-0.15, -0.1) is 0 Å². The predicted octanol–water partition coefficient (Wildman–Crippen LogP) is 12.1. The minimum absolute atomic E-state index is 0.492. The number of anilines is 1. The van der Waals surface area contributed by atoms with Crippen LogP contribution in [0.3, 0.4) is 0 Å². The maximum absolute atomic E-state index is 6.47. The number of fused-ring (bicyclic) bond motifs is 4. The average molecular weight is 692 g/mol. The number of nitrogens with zero attached hydrogens (tertiary/aromatic N) is 4. The number of aromatic nitrogens is 4. The van der Waals surface area contributed by atoms with Crippen LogP contribution in [0.15, 0.2) is 170 Å². The van der Waals surface area contributed by atoms with Crippen molar-refractivity contribution in [1.29, 1.82) is 0 Å². The first-order valence-electron chi connectivity index (χ1n) is 18.1. The van der Waals surface area contributed by atoms with Gasteiger partial charge in [0.1, 0.15) is 11.6 Å². The van der Waals surface area contributed by atoms with Crippen molar-refractivity contribution in [1.82, 2.24) is 19.9 Å². The fourth-order valence-electron chi connectivity index (χ4n) is 7.72. The third-order valence-corrected chi connectivity index (χ3v) is 10.3. The summed E-state index contributed by atoms with van der Waals surface area (Å²) in [6.07, 6.45) is 0. The molecule has 0 amide bonds. The van der Waals surface area contributed by atoms with Crippen molar-refractivity contribution in [3.63, 3.8) is 0 Å². The predicted molar refractivity (Wildman–Crippen MR) is 224 cm³/mol. The van der Waals surface area contributed by atoms with Gasteiger partial charge in [0.15, 0.2) is 11.6 Å². The van der Waals surface area contributed by atoms with Crippen molar-refractivity contribution in [2.24, 2.45) is 0 Å². The number of hydrogen-bond acceptors (Lipinski definition) is 5. The summed E-state index contributed by atoms with van der Waals surface area (Å²) in [4.78, 5) is 19.2. The lowest BCUT2D eigenvalue weighted by molar-refractivity contribution is 0.992. The molecular weight excluding hydrogens is 659 g/mol. The summed E-state index contributed by atoms with van der Waals surface area (Å²) in [5, 5.41) is 9.31. The molecule has 5 heteroatoms.